The van der Waals surface area contributed by atoms with Gasteiger partial charge in [-0.05, 0) is 41.3 Å². The normalized spacial score (nSPS) is 10.9. The minimum Gasteiger partial charge on any atom is -0.383 e. The Bertz CT molecular complexity index is 556. The lowest BCUT2D eigenvalue weighted by Gasteiger charge is -2.18. The zero-order valence-electron chi connectivity index (χ0n) is 10.5. The van der Waals surface area contributed by atoms with Crippen LogP contribution in [0.15, 0.2) is 30.6 Å². The molecule has 0 aliphatic heterocycles. The van der Waals surface area contributed by atoms with Gasteiger partial charge in [0, 0.05) is 23.7 Å². The molecule has 0 spiro atoms. The van der Waals surface area contributed by atoms with Crippen molar-refractivity contribution in [3.63, 3.8) is 0 Å². The second-order valence-electron chi connectivity index (χ2n) is 4.29. The van der Waals surface area contributed by atoms with Crippen molar-refractivity contribution >= 4 is 40.0 Å². The van der Waals surface area contributed by atoms with E-state index < -0.39 is 0 Å². The molecule has 0 aliphatic carbocycles. The highest BCUT2D eigenvalue weighted by atomic mass is 127. The molecule has 0 saturated carbocycles. The van der Waals surface area contributed by atoms with Gasteiger partial charge >= 0.3 is 0 Å². The third kappa shape index (κ3) is 3.77. The van der Waals surface area contributed by atoms with Gasteiger partial charge in [0.05, 0.1) is 0 Å². The molecule has 0 atom stereocenters. The van der Waals surface area contributed by atoms with Crippen molar-refractivity contribution in [3.8, 4) is 0 Å². The molecule has 2 N–H and O–H groups in total. The molecule has 0 amide bonds. The molecule has 1 heterocycles. The van der Waals surface area contributed by atoms with Gasteiger partial charge in [0.2, 0.25) is 0 Å². The lowest BCUT2D eigenvalue weighted by molar-refractivity contribution is 0.318. The van der Waals surface area contributed by atoms with Crippen molar-refractivity contribution in [2.24, 2.45) is 0 Å². The molecule has 0 radical (unpaired) electrons. The first-order chi connectivity index (χ1) is 9.08. The second kappa shape index (κ2) is 6.49. The molecule has 0 saturated heterocycles. The van der Waals surface area contributed by atoms with Crippen LogP contribution < -0.4 is 5.73 Å². The van der Waals surface area contributed by atoms with Crippen LogP contribution in [-0.2, 0) is 13.1 Å². The maximum atomic E-state index is 6.16. The fraction of sp³-hybridized carbons (Fsp3) is 0.231. The van der Waals surface area contributed by atoms with E-state index in [1.807, 2.05) is 31.3 Å². The van der Waals surface area contributed by atoms with Gasteiger partial charge in [-0.15, -0.1) is 0 Å². The van der Waals surface area contributed by atoms with Crippen molar-refractivity contribution in [1.82, 2.24) is 14.9 Å². The number of nitrogens with zero attached hydrogens (tertiary/aromatic N) is 3. The third-order valence-corrected chi connectivity index (χ3v) is 4.05. The van der Waals surface area contributed by atoms with Crippen LogP contribution in [0.1, 0.15) is 11.1 Å². The maximum absolute atomic E-state index is 6.16. The van der Waals surface area contributed by atoms with Crippen LogP contribution in [0.4, 0.5) is 5.82 Å². The first-order valence-electron chi connectivity index (χ1n) is 5.74. The van der Waals surface area contributed by atoms with E-state index in [-0.39, 0.29) is 0 Å². The SMILES string of the molecule is CN(Cc1ccccc1Cl)Cc1c(N)ncnc1I. The monoisotopic (exact) mass is 388 g/mol. The summed E-state index contributed by atoms with van der Waals surface area (Å²) in [4.78, 5) is 10.3. The highest BCUT2D eigenvalue weighted by molar-refractivity contribution is 14.1. The zero-order valence-corrected chi connectivity index (χ0v) is 13.4. The van der Waals surface area contributed by atoms with E-state index in [1.54, 1.807) is 0 Å². The molecule has 6 heteroatoms. The van der Waals surface area contributed by atoms with Crippen molar-refractivity contribution in [3.05, 3.63) is 50.4 Å². The van der Waals surface area contributed by atoms with Gasteiger partial charge in [-0.1, -0.05) is 29.8 Å². The first-order valence-corrected chi connectivity index (χ1v) is 7.20. The van der Waals surface area contributed by atoms with Gasteiger partial charge in [-0.2, -0.15) is 0 Å². The van der Waals surface area contributed by atoms with Crippen molar-refractivity contribution in [1.29, 1.82) is 0 Å². The third-order valence-electron chi connectivity index (χ3n) is 2.75. The lowest BCUT2D eigenvalue weighted by atomic mass is 10.2. The molecule has 0 aliphatic rings. The molecule has 100 valence electrons. The van der Waals surface area contributed by atoms with Gasteiger partial charge in [0.1, 0.15) is 15.8 Å². The Hall–Kier alpha value is -0.920. The summed E-state index contributed by atoms with van der Waals surface area (Å²) >= 11 is 8.33. The van der Waals surface area contributed by atoms with E-state index in [4.69, 9.17) is 17.3 Å². The van der Waals surface area contributed by atoms with Gasteiger partial charge in [0.25, 0.3) is 0 Å². The Morgan fingerprint density at radius 3 is 2.68 bits per heavy atom. The Labute approximate surface area is 131 Å². The molecule has 0 fully saturated rings. The average molecular weight is 389 g/mol. The van der Waals surface area contributed by atoms with Crippen LogP contribution >= 0.6 is 34.2 Å². The van der Waals surface area contributed by atoms with Crippen LogP contribution in [0.25, 0.3) is 0 Å². The van der Waals surface area contributed by atoms with Crippen molar-refractivity contribution < 1.29 is 0 Å². The van der Waals surface area contributed by atoms with E-state index in [0.717, 1.165) is 26.4 Å². The average Bonchev–Trinajstić information content (AvgIpc) is 2.37. The summed E-state index contributed by atoms with van der Waals surface area (Å²) in [6.07, 6.45) is 1.48. The molecule has 0 unspecified atom stereocenters. The van der Waals surface area contributed by atoms with Crippen molar-refractivity contribution in [2.75, 3.05) is 12.8 Å². The minimum absolute atomic E-state index is 0.533. The fourth-order valence-corrected chi connectivity index (χ4v) is 2.56. The van der Waals surface area contributed by atoms with Crippen LogP contribution in [0.3, 0.4) is 0 Å². The molecule has 1 aromatic carbocycles. The fourth-order valence-electron chi connectivity index (χ4n) is 1.79. The minimum atomic E-state index is 0.533. The Kier molecular flexibility index (Phi) is 4.95. The molecular formula is C13H14ClIN4. The Morgan fingerprint density at radius 1 is 1.26 bits per heavy atom. The summed E-state index contributed by atoms with van der Waals surface area (Å²) in [7, 11) is 2.02. The molecule has 1 aromatic heterocycles. The van der Waals surface area contributed by atoms with Gasteiger partial charge < -0.3 is 5.73 Å². The van der Waals surface area contributed by atoms with Gasteiger partial charge in [-0.3, -0.25) is 4.90 Å². The highest BCUT2D eigenvalue weighted by Crippen LogP contribution is 2.20. The van der Waals surface area contributed by atoms with E-state index in [9.17, 15) is 0 Å². The molecule has 2 aromatic rings. The van der Waals surface area contributed by atoms with Gasteiger partial charge in [0.15, 0.2) is 0 Å². The number of benzene rings is 1. The summed E-state index contributed by atoms with van der Waals surface area (Å²) in [5, 5.41) is 0.779. The quantitative estimate of drug-likeness (QED) is 0.646. The topological polar surface area (TPSA) is 55.0 Å². The lowest BCUT2D eigenvalue weighted by Crippen LogP contribution is -2.20. The van der Waals surface area contributed by atoms with Crippen LogP contribution in [0.5, 0.6) is 0 Å². The molecule has 2 rings (SSSR count). The van der Waals surface area contributed by atoms with E-state index in [2.05, 4.69) is 37.5 Å². The number of hydrogen-bond donors (Lipinski definition) is 1. The molecular weight excluding hydrogens is 375 g/mol. The summed E-state index contributed by atoms with van der Waals surface area (Å²) in [5.41, 5.74) is 7.94. The summed E-state index contributed by atoms with van der Waals surface area (Å²) in [5.74, 6) is 0.533. The predicted molar refractivity (Wildman–Crippen MR) is 85.8 cm³/mol. The van der Waals surface area contributed by atoms with Crippen LogP contribution in [0, 0.1) is 3.70 Å². The molecule has 19 heavy (non-hydrogen) atoms. The number of rotatable bonds is 4. The number of anilines is 1. The van der Waals surface area contributed by atoms with E-state index >= 15 is 0 Å². The van der Waals surface area contributed by atoms with E-state index in [1.165, 1.54) is 6.33 Å². The van der Waals surface area contributed by atoms with E-state index in [0.29, 0.717) is 12.4 Å². The Morgan fingerprint density at radius 2 is 2.00 bits per heavy atom. The summed E-state index contributed by atoms with van der Waals surface area (Å²) < 4.78 is 0.885. The molecule has 0 bridgehead atoms. The highest BCUT2D eigenvalue weighted by Gasteiger charge is 2.11. The maximum Gasteiger partial charge on any atom is 0.132 e. The second-order valence-corrected chi connectivity index (χ2v) is 5.72. The molecule has 4 nitrogen and oxygen atoms in total. The number of hydrogen-bond acceptors (Lipinski definition) is 4. The number of nitrogen functional groups attached to an aromatic ring is 1. The Balaban J connectivity index is 2.10. The predicted octanol–water partition coefficient (Wildman–Crippen LogP) is 2.95. The summed E-state index contributed by atoms with van der Waals surface area (Å²) in [6.45, 7) is 1.44. The van der Waals surface area contributed by atoms with Crippen LogP contribution in [0.2, 0.25) is 5.02 Å². The number of aromatic nitrogens is 2. The first kappa shape index (κ1) is 14.5. The standard InChI is InChI=1S/C13H14ClIN4/c1-19(6-9-4-2-3-5-11(9)14)7-10-12(15)17-8-18-13(10)16/h2-5,8H,6-7H2,1H3,(H2,16,17,18). The number of nitrogens with two attached hydrogens (primary N) is 1. The van der Waals surface area contributed by atoms with Crippen molar-refractivity contribution in [2.45, 2.75) is 13.1 Å². The summed E-state index contributed by atoms with van der Waals surface area (Å²) in [6, 6.07) is 7.83. The van der Waals surface area contributed by atoms with Gasteiger partial charge in [-0.25, -0.2) is 9.97 Å². The largest absolute Gasteiger partial charge is 0.383 e. The van der Waals surface area contributed by atoms with Crippen LogP contribution in [-0.4, -0.2) is 21.9 Å². The smallest absolute Gasteiger partial charge is 0.132 e. The zero-order chi connectivity index (χ0) is 13.8. The number of halogens is 2.